The third-order valence-corrected chi connectivity index (χ3v) is 7.12. The van der Waals surface area contributed by atoms with Crippen LogP contribution in [0.3, 0.4) is 0 Å². The summed E-state index contributed by atoms with van der Waals surface area (Å²) in [6.45, 7) is 2.88. The molecule has 220 valence electrons. The molecule has 1 saturated heterocycles. The van der Waals surface area contributed by atoms with Gasteiger partial charge in [0, 0.05) is 80.4 Å². The number of piperazine rings is 1. The number of benzene rings is 3. The van der Waals surface area contributed by atoms with Crippen LogP contribution >= 0.6 is 0 Å². The number of aromatic nitrogens is 1. The average molecular weight is 573 g/mol. The molecular formula is C31H36N6O5. The van der Waals surface area contributed by atoms with E-state index in [0.717, 1.165) is 22.3 Å². The molecule has 42 heavy (non-hydrogen) atoms. The first-order valence-corrected chi connectivity index (χ1v) is 13.8. The molecule has 0 aliphatic carbocycles. The third-order valence-electron chi connectivity index (χ3n) is 7.12. The van der Waals surface area contributed by atoms with Crippen LogP contribution in [0.5, 0.6) is 23.0 Å². The number of aromatic amines is 1. The number of anilines is 2. The molecule has 2 amide bonds. The second-order valence-electron chi connectivity index (χ2n) is 9.75. The zero-order valence-corrected chi connectivity index (χ0v) is 24.0. The van der Waals surface area contributed by atoms with Gasteiger partial charge in [0.15, 0.2) is 11.5 Å². The van der Waals surface area contributed by atoms with Gasteiger partial charge in [0.25, 0.3) is 0 Å². The van der Waals surface area contributed by atoms with Gasteiger partial charge in [-0.15, -0.1) is 0 Å². The van der Waals surface area contributed by atoms with Gasteiger partial charge in [-0.25, -0.2) is 4.79 Å². The molecule has 0 saturated carbocycles. The molecule has 11 heteroatoms. The molecular weight excluding hydrogens is 536 g/mol. The molecule has 1 fully saturated rings. The summed E-state index contributed by atoms with van der Waals surface area (Å²) < 4.78 is 22.4. The van der Waals surface area contributed by atoms with Crippen molar-refractivity contribution in [2.45, 2.75) is 0 Å². The first-order valence-electron chi connectivity index (χ1n) is 13.8. The van der Waals surface area contributed by atoms with Gasteiger partial charge in [-0.3, -0.25) is 5.41 Å². The first kappa shape index (κ1) is 28.6. The fourth-order valence-corrected chi connectivity index (χ4v) is 4.81. The van der Waals surface area contributed by atoms with Crippen molar-refractivity contribution in [3.63, 3.8) is 0 Å². The van der Waals surface area contributed by atoms with E-state index in [1.54, 1.807) is 32.2 Å². The van der Waals surface area contributed by atoms with E-state index in [2.05, 4.69) is 15.6 Å². The number of nitrogens with one attached hydrogen (secondary N) is 4. The predicted octanol–water partition coefficient (Wildman–Crippen LogP) is 5.21. The summed E-state index contributed by atoms with van der Waals surface area (Å²) in [4.78, 5) is 19.9. The summed E-state index contributed by atoms with van der Waals surface area (Å²) in [5, 5.41) is 16.1. The minimum atomic E-state index is -0.178. The van der Waals surface area contributed by atoms with E-state index in [1.807, 2.05) is 65.7 Å². The fraction of sp³-hybridized carbons (Fsp3) is 0.290. The smallest absolute Gasteiger partial charge is 0.321 e. The van der Waals surface area contributed by atoms with Crippen molar-refractivity contribution in [3.8, 4) is 23.0 Å². The minimum absolute atomic E-state index is 0.178. The highest BCUT2D eigenvalue weighted by atomic mass is 16.5. The Morgan fingerprint density at radius 2 is 1.64 bits per heavy atom. The molecule has 1 aliphatic rings. The molecule has 11 nitrogen and oxygen atoms in total. The Balaban J connectivity index is 1.15. The largest absolute Gasteiger partial charge is 0.493 e. The standard InChI is InChI=1S/C31H36N6O5/c1-33-27-20-29(41-17-16-39-2)28(40-3)19-25(27)30(32)36-12-14-37(15-13-36)31(38)35-22-4-6-23(7-5-22)42-24-8-9-26-21(18-24)10-11-34-26/h4-11,18-20,32-34H,12-17H2,1-3H3,(H,35,38). The number of H-pyrrole nitrogens is 1. The lowest BCUT2D eigenvalue weighted by molar-refractivity contribution is 0.144. The summed E-state index contributed by atoms with van der Waals surface area (Å²) in [7, 11) is 5.00. The minimum Gasteiger partial charge on any atom is -0.493 e. The average Bonchev–Trinajstić information content (AvgIpc) is 3.49. The normalized spacial score (nSPS) is 13.1. The maximum absolute atomic E-state index is 13.0. The highest BCUT2D eigenvalue weighted by Crippen LogP contribution is 2.34. The van der Waals surface area contributed by atoms with Crippen LogP contribution in [-0.2, 0) is 4.74 Å². The number of hydrogen-bond donors (Lipinski definition) is 4. The Hall–Kier alpha value is -4.90. The van der Waals surface area contributed by atoms with Crippen molar-refractivity contribution in [1.82, 2.24) is 14.8 Å². The lowest BCUT2D eigenvalue weighted by Gasteiger charge is -2.36. The van der Waals surface area contributed by atoms with Gasteiger partial charge < -0.3 is 44.4 Å². The summed E-state index contributed by atoms with van der Waals surface area (Å²) >= 11 is 0. The van der Waals surface area contributed by atoms with Gasteiger partial charge in [0.05, 0.1) is 13.7 Å². The first-order chi connectivity index (χ1) is 20.5. The van der Waals surface area contributed by atoms with Gasteiger partial charge in [0.2, 0.25) is 0 Å². The number of methoxy groups -OCH3 is 2. The molecule has 0 bridgehead atoms. The Morgan fingerprint density at radius 3 is 2.36 bits per heavy atom. The molecule has 0 radical (unpaired) electrons. The Bertz CT molecular complexity index is 1530. The number of urea groups is 1. The van der Waals surface area contributed by atoms with Crippen molar-refractivity contribution in [3.05, 3.63) is 72.4 Å². The van der Waals surface area contributed by atoms with E-state index in [9.17, 15) is 4.79 Å². The number of fused-ring (bicyclic) bond motifs is 1. The number of hydrogen-bond acceptors (Lipinski definition) is 7. The highest BCUT2D eigenvalue weighted by Gasteiger charge is 2.25. The number of carbonyl (C=O) groups excluding carboxylic acids is 1. The van der Waals surface area contributed by atoms with E-state index in [-0.39, 0.29) is 6.03 Å². The molecule has 0 unspecified atom stereocenters. The van der Waals surface area contributed by atoms with Gasteiger partial charge in [-0.2, -0.15) is 0 Å². The molecule has 0 spiro atoms. The monoisotopic (exact) mass is 572 g/mol. The predicted molar refractivity (Wildman–Crippen MR) is 164 cm³/mol. The molecule has 3 aromatic carbocycles. The van der Waals surface area contributed by atoms with Crippen molar-refractivity contribution in [2.24, 2.45) is 0 Å². The van der Waals surface area contributed by atoms with Crippen LogP contribution in [-0.4, -0.2) is 87.3 Å². The fourth-order valence-electron chi connectivity index (χ4n) is 4.81. The Kier molecular flexibility index (Phi) is 8.98. The molecule has 0 atom stereocenters. The summed E-state index contributed by atoms with van der Waals surface area (Å²) in [6.07, 6.45) is 1.90. The second kappa shape index (κ2) is 13.2. The van der Waals surface area contributed by atoms with Gasteiger partial charge in [-0.05, 0) is 54.6 Å². The number of amides is 2. The van der Waals surface area contributed by atoms with Crippen LogP contribution in [0.2, 0.25) is 0 Å². The lowest BCUT2D eigenvalue weighted by Crippen LogP contribution is -2.51. The van der Waals surface area contributed by atoms with Crippen LogP contribution in [0.25, 0.3) is 10.9 Å². The van der Waals surface area contributed by atoms with Crippen molar-refractivity contribution < 1.29 is 23.7 Å². The lowest BCUT2D eigenvalue weighted by atomic mass is 10.1. The van der Waals surface area contributed by atoms with Crippen molar-refractivity contribution in [2.75, 3.05) is 71.3 Å². The van der Waals surface area contributed by atoms with Crippen molar-refractivity contribution >= 4 is 34.1 Å². The number of ether oxygens (including phenoxy) is 4. The van der Waals surface area contributed by atoms with Crippen LogP contribution in [0.1, 0.15) is 5.56 Å². The molecule has 4 N–H and O–H groups in total. The molecule has 4 aromatic rings. The van der Waals surface area contributed by atoms with Gasteiger partial charge in [-0.1, -0.05) is 0 Å². The number of nitrogens with zero attached hydrogens (tertiary/aromatic N) is 2. The quantitative estimate of drug-likeness (QED) is 0.117. The summed E-state index contributed by atoms with van der Waals surface area (Å²) in [6, 6.07) is 18.6. The highest BCUT2D eigenvalue weighted by molar-refractivity contribution is 6.02. The van der Waals surface area contributed by atoms with E-state index in [4.69, 9.17) is 24.4 Å². The van der Waals surface area contributed by atoms with E-state index in [1.165, 1.54) is 0 Å². The zero-order chi connectivity index (χ0) is 29.5. The van der Waals surface area contributed by atoms with Crippen LogP contribution < -0.4 is 24.8 Å². The van der Waals surface area contributed by atoms with Crippen molar-refractivity contribution in [1.29, 1.82) is 5.41 Å². The molecule has 5 rings (SSSR count). The second-order valence-corrected chi connectivity index (χ2v) is 9.75. The van der Waals surface area contributed by atoms with Crippen LogP contribution in [0.4, 0.5) is 16.2 Å². The zero-order valence-electron chi connectivity index (χ0n) is 24.0. The Morgan fingerprint density at radius 1 is 0.905 bits per heavy atom. The third kappa shape index (κ3) is 6.52. The molecule has 1 aromatic heterocycles. The SMILES string of the molecule is CNc1cc(OCCOC)c(OC)cc1C(=N)N1CCN(C(=O)Nc2ccc(Oc3ccc4[nH]ccc4c3)cc2)CC1. The summed E-state index contributed by atoms with van der Waals surface area (Å²) in [5.41, 5.74) is 3.19. The van der Waals surface area contributed by atoms with E-state index in [0.29, 0.717) is 73.7 Å². The topological polar surface area (TPSA) is 124 Å². The van der Waals surface area contributed by atoms with Crippen LogP contribution in [0.15, 0.2) is 66.9 Å². The maximum Gasteiger partial charge on any atom is 0.321 e. The molecule has 2 heterocycles. The van der Waals surface area contributed by atoms with E-state index >= 15 is 0 Å². The van der Waals surface area contributed by atoms with Gasteiger partial charge in [0.1, 0.15) is 23.9 Å². The number of amidine groups is 1. The number of rotatable bonds is 10. The number of carbonyl (C=O) groups is 1. The Labute approximate surface area is 244 Å². The van der Waals surface area contributed by atoms with E-state index < -0.39 is 0 Å². The van der Waals surface area contributed by atoms with Crippen LogP contribution in [0, 0.1) is 5.41 Å². The van der Waals surface area contributed by atoms with Gasteiger partial charge >= 0.3 is 6.03 Å². The molecule has 1 aliphatic heterocycles. The maximum atomic E-state index is 13.0. The summed E-state index contributed by atoms with van der Waals surface area (Å²) in [5.74, 6) is 2.90.